The van der Waals surface area contributed by atoms with Gasteiger partial charge < -0.3 is 4.98 Å². The van der Waals surface area contributed by atoms with E-state index in [1.165, 1.54) is 6.33 Å². The Morgan fingerprint density at radius 2 is 2.00 bits per heavy atom. The molecule has 0 radical (unpaired) electrons. The number of aromatic amines is 1. The second-order valence-electron chi connectivity index (χ2n) is 3.20. The van der Waals surface area contributed by atoms with Gasteiger partial charge in [-0.25, -0.2) is 9.97 Å². The minimum Gasteiger partial charge on any atom is -0.344 e. The Balaban J connectivity index is 2.60. The zero-order valence-electron chi connectivity index (χ0n) is 7.46. The molecular formula is C10H5Cl2N3. The van der Waals surface area contributed by atoms with E-state index in [2.05, 4.69) is 15.0 Å². The van der Waals surface area contributed by atoms with E-state index in [1.807, 2.05) is 12.1 Å². The van der Waals surface area contributed by atoms with Gasteiger partial charge in [0.2, 0.25) is 0 Å². The first kappa shape index (κ1) is 8.95. The molecule has 1 N–H and O–H groups in total. The predicted octanol–water partition coefficient (Wildman–Crippen LogP) is 3.42. The van der Waals surface area contributed by atoms with Crippen LogP contribution in [0.4, 0.5) is 0 Å². The van der Waals surface area contributed by atoms with Gasteiger partial charge in [-0.3, -0.25) is 0 Å². The fourth-order valence-corrected chi connectivity index (χ4v) is 2.06. The average molecular weight is 238 g/mol. The minimum absolute atomic E-state index is 0.447. The summed E-state index contributed by atoms with van der Waals surface area (Å²) in [7, 11) is 0. The lowest BCUT2D eigenvalue weighted by Gasteiger charge is -1.96. The summed E-state index contributed by atoms with van der Waals surface area (Å²) in [4.78, 5) is 11.2. The van der Waals surface area contributed by atoms with Gasteiger partial charge in [0.1, 0.15) is 11.5 Å². The SMILES string of the molecule is Clc1[nH]c2c(ccc3ncncc32)c1Cl. The van der Waals surface area contributed by atoms with Crippen molar-refractivity contribution in [2.75, 3.05) is 0 Å². The van der Waals surface area contributed by atoms with Crippen molar-refractivity contribution in [3.8, 4) is 0 Å². The van der Waals surface area contributed by atoms with Crippen LogP contribution in [0.2, 0.25) is 10.2 Å². The van der Waals surface area contributed by atoms with E-state index >= 15 is 0 Å². The molecule has 0 saturated heterocycles. The summed E-state index contributed by atoms with van der Waals surface area (Å²) in [6.45, 7) is 0. The number of fused-ring (bicyclic) bond motifs is 3. The van der Waals surface area contributed by atoms with Crippen molar-refractivity contribution in [1.82, 2.24) is 15.0 Å². The summed E-state index contributed by atoms with van der Waals surface area (Å²) >= 11 is 12.0. The van der Waals surface area contributed by atoms with Gasteiger partial charge in [-0.05, 0) is 12.1 Å². The summed E-state index contributed by atoms with van der Waals surface area (Å²) in [6, 6.07) is 3.80. The van der Waals surface area contributed by atoms with Crippen molar-refractivity contribution in [2.45, 2.75) is 0 Å². The van der Waals surface area contributed by atoms with Gasteiger partial charge in [0, 0.05) is 17.0 Å². The first-order valence-corrected chi connectivity index (χ1v) is 5.08. The van der Waals surface area contributed by atoms with E-state index in [-0.39, 0.29) is 0 Å². The molecule has 3 aromatic rings. The summed E-state index contributed by atoms with van der Waals surface area (Å²) in [5.41, 5.74) is 1.75. The molecule has 0 aliphatic heterocycles. The second-order valence-corrected chi connectivity index (χ2v) is 3.95. The van der Waals surface area contributed by atoms with Crippen LogP contribution in [0.3, 0.4) is 0 Å². The molecule has 0 spiro atoms. The van der Waals surface area contributed by atoms with Gasteiger partial charge in [0.05, 0.1) is 16.1 Å². The number of halogens is 2. The van der Waals surface area contributed by atoms with E-state index in [9.17, 15) is 0 Å². The number of rotatable bonds is 0. The number of nitrogens with zero attached hydrogens (tertiary/aromatic N) is 2. The second kappa shape index (κ2) is 3.08. The van der Waals surface area contributed by atoms with Gasteiger partial charge in [0.15, 0.2) is 0 Å². The molecule has 5 heteroatoms. The third kappa shape index (κ3) is 1.20. The van der Waals surface area contributed by atoms with Crippen molar-refractivity contribution in [1.29, 1.82) is 0 Å². The molecule has 0 bridgehead atoms. The highest BCUT2D eigenvalue weighted by Crippen LogP contribution is 2.33. The molecule has 0 aliphatic rings. The topological polar surface area (TPSA) is 41.6 Å². The quantitative estimate of drug-likeness (QED) is 0.651. The van der Waals surface area contributed by atoms with Gasteiger partial charge >= 0.3 is 0 Å². The normalized spacial score (nSPS) is 11.3. The maximum Gasteiger partial charge on any atom is 0.126 e. The van der Waals surface area contributed by atoms with Gasteiger partial charge in [-0.1, -0.05) is 23.2 Å². The maximum absolute atomic E-state index is 6.04. The number of H-pyrrole nitrogens is 1. The van der Waals surface area contributed by atoms with Crippen molar-refractivity contribution in [3.05, 3.63) is 34.8 Å². The first-order valence-electron chi connectivity index (χ1n) is 4.33. The van der Waals surface area contributed by atoms with Crippen LogP contribution in [-0.2, 0) is 0 Å². The fraction of sp³-hybridized carbons (Fsp3) is 0. The van der Waals surface area contributed by atoms with Crippen molar-refractivity contribution in [3.63, 3.8) is 0 Å². The summed E-state index contributed by atoms with van der Waals surface area (Å²) in [6.07, 6.45) is 3.26. The molecule has 3 rings (SSSR count). The Morgan fingerprint density at radius 1 is 1.13 bits per heavy atom. The van der Waals surface area contributed by atoms with Crippen LogP contribution in [0, 0.1) is 0 Å². The average Bonchev–Trinajstić information content (AvgIpc) is 2.56. The molecule has 0 unspecified atom stereocenters. The Kier molecular flexibility index (Phi) is 1.84. The highest BCUT2D eigenvalue weighted by molar-refractivity contribution is 6.45. The standard InChI is InChI=1S/C10H5Cl2N3/c11-8-5-1-2-7-6(3-13-4-14-7)9(5)15-10(8)12/h1-4,15H. The van der Waals surface area contributed by atoms with Crippen LogP contribution in [0.15, 0.2) is 24.7 Å². The Bertz CT molecular complexity index is 660. The molecule has 0 saturated carbocycles. The lowest BCUT2D eigenvalue weighted by atomic mass is 10.2. The van der Waals surface area contributed by atoms with E-state index in [4.69, 9.17) is 23.2 Å². The first-order chi connectivity index (χ1) is 7.27. The lowest BCUT2D eigenvalue weighted by Crippen LogP contribution is -1.81. The van der Waals surface area contributed by atoms with Crippen LogP contribution < -0.4 is 0 Å². The minimum atomic E-state index is 0.447. The molecular weight excluding hydrogens is 233 g/mol. The third-order valence-corrected chi connectivity index (χ3v) is 3.13. The summed E-state index contributed by atoms with van der Waals surface area (Å²) < 4.78 is 0. The van der Waals surface area contributed by atoms with Crippen LogP contribution in [0.1, 0.15) is 0 Å². The Morgan fingerprint density at radius 3 is 2.87 bits per heavy atom. The highest BCUT2D eigenvalue weighted by Gasteiger charge is 2.10. The molecule has 0 aliphatic carbocycles. The smallest absolute Gasteiger partial charge is 0.126 e. The molecule has 1 aromatic carbocycles. The van der Waals surface area contributed by atoms with E-state index in [0.717, 1.165) is 21.8 Å². The number of nitrogens with one attached hydrogen (secondary N) is 1. The van der Waals surface area contributed by atoms with E-state index < -0.39 is 0 Å². The Hall–Kier alpha value is -1.32. The molecule has 2 aromatic heterocycles. The summed E-state index contributed by atoms with van der Waals surface area (Å²) in [5, 5.41) is 2.80. The zero-order valence-corrected chi connectivity index (χ0v) is 8.97. The number of benzene rings is 1. The van der Waals surface area contributed by atoms with Gasteiger partial charge in [0.25, 0.3) is 0 Å². The molecule has 3 nitrogen and oxygen atoms in total. The monoisotopic (exact) mass is 237 g/mol. The molecule has 74 valence electrons. The molecule has 15 heavy (non-hydrogen) atoms. The van der Waals surface area contributed by atoms with Gasteiger partial charge in [-0.2, -0.15) is 0 Å². The molecule has 2 heterocycles. The van der Waals surface area contributed by atoms with E-state index in [1.54, 1.807) is 6.20 Å². The van der Waals surface area contributed by atoms with Crippen molar-refractivity contribution < 1.29 is 0 Å². The van der Waals surface area contributed by atoms with Crippen molar-refractivity contribution >= 4 is 45.0 Å². The largest absolute Gasteiger partial charge is 0.344 e. The third-order valence-electron chi connectivity index (χ3n) is 2.35. The van der Waals surface area contributed by atoms with Gasteiger partial charge in [-0.15, -0.1) is 0 Å². The fourth-order valence-electron chi connectivity index (χ4n) is 1.66. The molecule has 0 fully saturated rings. The maximum atomic E-state index is 6.04. The highest BCUT2D eigenvalue weighted by atomic mass is 35.5. The number of aromatic nitrogens is 3. The van der Waals surface area contributed by atoms with E-state index in [0.29, 0.717) is 10.2 Å². The zero-order chi connectivity index (χ0) is 10.4. The lowest BCUT2D eigenvalue weighted by molar-refractivity contribution is 1.22. The molecule has 0 atom stereocenters. The Labute approximate surface area is 95.0 Å². The van der Waals surface area contributed by atoms with Crippen molar-refractivity contribution in [2.24, 2.45) is 0 Å². The van der Waals surface area contributed by atoms with Crippen LogP contribution in [0.5, 0.6) is 0 Å². The van der Waals surface area contributed by atoms with Crippen LogP contribution in [0.25, 0.3) is 21.8 Å². The molecule has 0 amide bonds. The van der Waals surface area contributed by atoms with Crippen LogP contribution >= 0.6 is 23.2 Å². The number of hydrogen-bond acceptors (Lipinski definition) is 2. The predicted molar refractivity (Wildman–Crippen MR) is 61.4 cm³/mol. The summed E-state index contributed by atoms with van der Waals surface area (Å²) in [5.74, 6) is 0. The van der Waals surface area contributed by atoms with Crippen LogP contribution in [-0.4, -0.2) is 15.0 Å². The number of hydrogen-bond donors (Lipinski definition) is 1.